The molecule has 1 aromatic heterocycles. The van der Waals surface area contributed by atoms with Gasteiger partial charge in [-0.3, -0.25) is 14.3 Å². The Hall–Kier alpha value is -3.11. The number of hydrazine groups is 1. The standard InChI is InChI=1S/C20H27ClN8O2/c1-2-3-4-15-11-28(12-19(30)24-10-18(22)25-27-23)20(31)17-9-16(26-29(15)17)13-5-7-14(21)8-6-13/h5-9,15,27H,2-4,10-12,23H2,1H3,(H2,22,25)(H,24,30). The van der Waals surface area contributed by atoms with Gasteiger partial charge in [-0.25, -0.2) is 11.4 Å². The fourth-order valence-corrected chi connectivity index (χ4v) is 3.63. The van der Waals surface area contributed by atoms with E-state index in [0.29, 0.717) is 23.0 Å². The molecule has 166 valence electrons. The third-order valence-corrected chi connectivity index (χ3v) is 5.31. The molecule has 31 heavy (non-hydrogen) atoms. The molecule has 2 aromatic rings. The van der Waals surface area contributed by atoms with E-state index < -0.39 is 0 Å². The van der Waals surface area contributed by atoms with Crippen molar-refractivity contribution >= 4 is 29.3 Å². The summed E-state index contributed by atoms with van der Waals surface area (Å²) in [5, 5.41) is 11.5. The number of hydrogen-bond acceptors (Lipinski definition) is 6. The van der Waals surface area contributed by atoms with Gasteiger partial charge in [0.2, 0.25) is 5.91 Å². The largest absolute Gasteiger partial charge is 0.384 e. The molecule has 10 nitrogen and oxygen atoms in total. The molecule has 0 fully saturated rings. The number of hydrazone groups is 1. The van der Waals surface area contributed by atoms with Crippen LogP contribution in [0.25, 0.3) is 11.3 Å². The first-order valence-corrected chi connectivity index (χ1v) is 10.5. The average Bonchev–Trinajstić information content (AvgIpc) is 3.20. The van der Waals surface area contributed by atoms with Crippen LogP contribution in [0.15, 0.2) is 35.4 Å². The summed E-state index contributed by atoms with van der Waals surface area (Å²) in [4.78, 5) is 27.0. The zero-order valence-electron chi connectivity index (χ0n) is 17.3. The normalized spacial score (nSPS) is 16.2. The van der Waals surface area contributed by atoms with Crippen LogP contribution >= 0.6 is 11.6 Å². The maximum Gasteiger partial charge on any atom is 0.272 e. The second kappa shape index (κ2) is 10.3. The molecule has 0 spiro atoms. The van der Waals surface area contributed by atoms with E-state index in [-0.39, 0.29) is 36.8 Å². The number of fused-ring (bicyclic) bond motifs is 1. The van der Waals surface area contributed by atoms with Gasteiger partial charge in [0, 0.05) is 17.1 Å². The Morgan fingerprint density at radius 2 is 2.10 bits per heavy atom. The Balaban J connectivity index is 1.80. The number of unbranched alkanes of at least 4 members (excludes halogenated alkanes) is 1. The van der Waals surface area contributed by atoms with Crippen LogP contribution in [0, 0.1) is 0 Å². The minimum absolute atomic E-state index is 0.00503. The highest BCUT2D eigenvalue weighted by Gasteiger charge is 2.33. The molecule has 1 aliphatic rings. The van der Waals surface area contributed by atoms with Crippen LogP contribution in [-0.2, 0) is 4.79 Å². The second-order valence-electron chi connectivity index (χ2n) is 7.36. The van der Waals surface area contributed by atoms with Gasteiger partial charge in [0.1, 0.15) is 11.5 Å². The molecule has 1 atom stereocenters. The molecule has 0 saturated heterocycles. The predicted octanol–water partition coefficient (Wildman–Crippen LogP) is 1.24. The third kappa shape index (κ3) is 5.53. The van der Waals surface area contributed by atoms with E-state index in [1.165, 1.54) is 0 Å². The van der Waals surface area contributed by atoms with Crippen molar-refractivity contribution in [2.45, 2.75) is 32.2 Å². The number of nitrogens with zero attached hydrogens (tertiary/aromatic N) is 4. The number of amides is 2. The minimum atomic E-state index is -0.330. The maximum absolute atomic E-state index is 13.1. The number of amidine groups is 1. The first-order valence-electron chi connectivity index (χ1n) is 10.1. The SMILES string of the molecule is CCCCC1CN(CC(=O)NC/C(N)=N/NN)C(=O)c2cc(-c3ccc(Cl)cc3)nn21. The van der Waals surface area contributed by atoms with Crippen molar-refractivity contribution in [3.63, 3.8) is 0 Å². The van der Waals surface area contributed by atoms with Gasteiger partial charge in [-0.15, -0.1) is 0 Å². The highest BCUT2D eigenvalue weighted by molar-refractivity contribution is 6.30. The van der Waals surface area contributed by atoms with Crippen molar-refractivity contribution in [2.24, 2.45) is 16.7 Å². The summed E-state index contributed by atoms with van der Waals surface area (Å²) in [6.07, 6.45) is 2.88. The predicted molar refractivity (Wildman–Crippen MR) is 119 cm³/mol. The van der Waals surface area contributed by atoms with Crippen molar-refractivity contribution in [1.82, 2.24) is 25.5 Å². The lowest BCUT2D eigenvalue weighted by Gasteiger charge is -2.33. The topological polar surface area (TPSA) is 144 Å². The lowest BCUT2D eigenvalue weighted by Crippen LogP contribution is -2.48. The first-order chi connectivity index (χ1) is 14.9. The van der Waals surface area contributed by atoms with Gasteiger partial charge in [0.15, 0.2) is 0 Å². The van der Waals surface area contributed by atoms with Gasteiger partial charge in [0.05, 0.1) is 24.8 Å². The smallest absolute Gasteiger partial charge is 0.272 e. The van der Waals surface area contributed by atoms with Crippen LogP contribution in [0.4, 0.5) is 0 Å². The molecule has 0 aliphatic carbocycles. The number of halogens is 1. The van der Waals surface area contributed by atoms with Gasteiger partial charge in [0.25, 0.3) is 5.91 Å². The molecular weight excluding hydrogens is 420 g/mol. The molecule has 0 radical (unpaired) electrons. The molecule has 0 saturated carbocycles. The summed E-state index contributed by atoms with van der Waals surface area (Å²) < 4.78 is 1.80. The first kappa shape index (κ1) is 22.6. The van der Waals surface area contributed by atoms with Gasteiger partial charge in [-0.05, 0) is 24.6 Å². The number of carbonyl (C=O) groups is 2. The van der Waals surface area contributed by atoms with E-state index in [4.69, 9.17) is 28.3 Å². The van der Waals surface area contributed by atoms with Crippen molar-refractivity contribution in [3.8, 4) is 11.3 Å². The average molecular weight is 447 g/mol. The molecule has 3 rings (SSSR count). The van der Waals surface area contributed by atoms with E-state index >= 15 is 0 Å². The number of nitrogens with one attached hydrogen (secondary N) is 2. The Labute approximate surface area is 185 Å². The van der Waals surface area contributed by atoms with Crippen molar-refractivity contribution in [3.05, 3.63) is 41.0 Å². The van der Waals surface area contributed by atoms with Crippen LogP contribution in [0.2, 0.25) is 5.02 Å². The lowest BCUT2D eigenvalue weighted by molar-refractivity contribution is -0.121. The second-order valence-corrected chi connectivity index (χ2v) is 7.79. The molecule has 1 aromatic carbocycles. The van der Waals surface area contributed by atoms with Crippen molar-refractivity contribution < 1.29 is 9.59 Å². The molecule has 1 aliphatic heterocycles. The van der Waals surface area contributed by atoms with Crippen molar-refractivity contribution in [1.29, 1.82) is 0 Å². The zero-order valence-corrected chi connectivity index (χ0v) is 18.1. The van der Waals surface area contributed by atoms with Crippen LogP contribution in [-0.4, -0.2) is 52.0 Å². The highest BCUT2D eigenvalue weighted by Crippen LogP contribution is 2.29. The van der Waals surface area contributed by atoms with Crippen LogP contribution in [0.3, 0.4) is 0 Å². The molecule has 0 bridgehead atoms. The van der Waals surface area contributed by atoms with Crippen LogP contribution in [0.1, 0.15) is 42.7 Å². The summed E-state index contributed by atoms with van der Waals surface area (Å²) in [6.45, 7) is 2.48. The van der Waals surface area contributed by atoms with Gasteiger partial charge in [-0.1, -0.05) is 43.5 Å². The van der Waals surface area contributed by atoms with Gasteiger partial charge in [-0.2, -0.15) is 10.2 Å². The summed E-state index contributed by atoms with van der Waals surface area (Å²) in [5.41, 5.74) is 9.70. The van der Waals surface area contributed by atoms with E-state index in [2.05, 4.69) is 22.9 Å². The van der Waals surface area contributed by atoms with E-state index in [0.717, 1.165) is 24.8 Å². The number of hydrogen-bond donors (Lipinski definition) is 4. The number of carbonyl (C=O) groups excluding carboxylic acids is 2. The highest BCUT2D eigenvalue weighted by atomic mass is 35.5. The molecule has 11 heteroatoms. The van der Waals surface area contributed by atoms with E-state index in [9.17, 15) is 9.59 Å². The Kier molecular flexibility index (Phi) is 7.48. The maximum atomic E-state index is 13.1. The summed E-state index contributed by atoms with van der Waals surface area (Å²) in [5.74, 6) is 4.62. The molecule has 2 heterocycles. The monoisotopic (exact) mass is 446 g/mol. The summed E-state index contributed by atoms with van der Waals surface area (Å²) in [6, 6.07) is 9.08. The minimum Gasteiger partial charge on any atom is -0.384 e. The van der Waals surface area contributed by atoms with Gasteiger partial charge >= 0.3 is 0 Å². The number of nitrogens with two attached hydrogens (primary N) is 2. The number of benzene rings is 1. The molecule has 1 unspecified atom stereocenters. The molecule has 2 amide bonds. The van der Waals surface area contributed by atoms with Crippen LogP contribution in [0.5, 0.6) is 0 Å². The summed E-state index contributed by atoms with van der Waals surface area (Å²) >= 11 is 5.98. The fraction of sp³-hybridized carbons (Fsp3) is 0.400. The van der Waals surface area contributed by atoms with Crippen LogP contribution < -0.4 is 22.4 Å². The zero-order chi connectivity index (χ0) is 22.4. The molecule has 6 N–H and O–H groups in total. The number of aromatic nitrogens is 2. The van der Waals surface area contributed by atoms with E-state index in [1.54, 1.807) is 27.8 Å². The third-order valence-electron chi connectivity index (χ3n) is 5.06. The fourth-order valence-electron chi connectivity index (χ4n) is 3.50. The van der Waals surface area contributed by atoms with Crippen molar-refractivity contribution in [2.75, 3.05) is 19.6 Å². The quantitative estimate of drug-likeness (QED) is 0.197. The summed E-state index contributed by atoms with van der Waals surface area (Å²) in [7, 11) is 0. The Morgan fingerprint density at radius 1 is 1.35 bits per heavy atom. The number of rotatable bonds is 9. The lowest BCUT2D eigenvalue weighted by atomic mass is 10.1. The van der Waals surface area contributed by atoms with Gasteiger partial charge < -0.3 is 16.0 Å². The van der Waals surface area contributed by atoms with E-state index in [1.807, 2.05) is 12.1 Å². The molecular formula is C20H27ClN8O2. The Morgan fingerprint density at radius 3 is 2.77 bits per heavy atom. The Bertz CT molecular complexity index is 957.